The van der Waals surface area contributed by atoms with Crippen molar-refractivity contribution < 1.29 is 19.1 Å². The van der Waals surface area contributed by atoms with Crippen molar-refractivity contribution >= 4 is 23.7 Å². The molecule has 0 spiro atoms. The average molecular weight is 384 g/mol. The second-order valence-electron chi connectivity index (χ2n) is 6.03. The summed E-state index contributed by atoms with van der Waals surface area (Å²) in [5.74, 6) is 0.114. The summed E-state index contributed by atoms with van der Waals surface area (Å²) in [5.41, 5.74) is 4.65. The van der Waals surface area contributed by atoms with Gasteiger partial charge in [0.05, 0.1) is 27.0 Å². The highest BCUT2D eigenvalue weighted by atomic mass is 16.5. The van der Waals surface area contributed by atoms with E-state index in [4.69, 9.17) is 9.47 Å². The Balaban J connectivity index is 1.84. The molecule has 0 saturated heterocycles. The van der Waals surface area contributed by atoms with Gasteiger partial charge in [0.1, 0.15) is 0 Å². The van der Waals surface area contributed by atoms with Gasteiger partial charge in [0.25, 0.3) is 11.8 Å². The number of ether oxygens (including phenoxy) is 2. The van der Waals surface area contributed by atoms with E-state index in [-0.39, 0.29) is 6.54 Å². The summed E-state index contributed by atoms with van der Waals surface area (Å²) in [7, 11) is 6.91. The number of methoxy groups -OCH3 is 2. The fourth-order valence-corrected chi connectivity index (χ4v) is 2.32. The standard InChI is InChI=1S/C20H24N4O4/c1-24(2)16-8-5-14(6-9-16)12-22-23-19(25)13-21-20(26)15-7-10-17(27-3)18(11-15)28-4/h5-12H,13H2,1-4H3,(H,21,26)(H,23,25). The predicted octanol–water partition coefficient (Wildman–Crippen LogP) is 1.65. The fourth-order valence-electron chi connectivity index (χ4n) is 2.32. The van der Waals surface area contributed by atoms with Crippen LogP contribution in [0.3, 0.4) is 0 Å². The second kappa shape index (κ2) is 9.96. The first kappa shape index (κ1) is 20.8. The molecular formula is C20H24N4O4. The monoisotopic (exact) mass is 384 g/mol. The smallest absolute Gasteiger partial charge is 0.259 e. The molecule has 0 atom stereocenters. The van der Waals surface area contributed by atoms with Crippen LogP contribution in [-0.4, -0.2) is 52.9 Å². The van der Waals surface area contributed by atoms with Crippen molar-refractivity contribution in [1.29, 1.82) is 0 Å². The molecule has 0 aromatic heterocycles. The van der Waals surface area contributed by atoms with Crippen LogP contribution in [0.1, 0.15) is 15.9 Å². The molecule has 0 fully saturated rings. The SMILES string of the molecule is COc1ccc(C(=O)NCC(=O)NN=Cc2ccc(N(C)C)cc2)cc1OC. The first-order valence-corrected chi connectivity index (χ1v) is 8.54. The minimum atomic E-state index is -0.435. The van der Waals surface area contributed by atoms with Crippen molar-refractivity contribution in [3.63, 3.8) is 0 Å². The quantitative estimate of drug-likeness (QED) is 0.533. The fraction of sp³-hybridized carbons (Fsp3) is 0.250. The zero-order valence-electron chi connectivity index (χ0n) is 16.4. The zero-order valence-corrected chi connectivity index (χ0v) is 16.4. The minimum Gasteiger partial charge on any atom is -0.493 e. The van der Waals surface area contributed by atoms with E-state index in [1.165, 1.54) is 20.4 Å². The lowest BCUT2D eigenvalue weighted by Gasteiger charge is -2.11. The van der Waals surface area contributed by atoms with Gasteiger partial charge in [0, 0.05) is 25.3 Å². The molecule has 0 radical (unpaired) electrons. The van der Waals surface area contributed by atoms with Crippen LogP contribution < -0.4 is 25.1 Å². The highest BCUT2D eigenvalue weighted by Crippen LogP contribution is 2.27. The largest absolute Gasteiger partial charge is 0.493 e. The highest BCUT2D eigenvalue weighted by Gasteiger charge is 2.11. The number of nitrogens with zero attached hydrogens (tertiary/aromatic N) is 2. The van der Waals surface area contributed by atoms with E-state index in [9.17, 15) is 9.59 Å². The molecule has 0 heterocycles. The van der Waals surface area contributed by atoms with Crippen LogP contribution in [0.15, 0.2) is 47.6 Å². The van der Waals surface area contributed by atoms with Crippen LogP contribution in [0.2, 0.25) is 0 Å². The van der Waals surface area contributed by atoms with Crippen molar-refractivity contribution in [3.8, 4) is 11.5 Å². The van der Waals surface area contributed by atoms with E-state index in [1.807, 2.05) is 43.3 Å². The Morgan fingerprint density at radius 3 is 2.32 bits per heavy atom. The summed E-state index contributed by atoms with van der Waals surface area (Å²) in [4.78, 5) is 26.0. The molecule has 0 aliphatic rings. The number of benzene rings is 2. The number of hydrogen-bond acceptors (Lipinski definition) is 6. The first-order chi connectivity index (χ1) is 13.4. The van der Waals surface area contributed by atoms with Crippen LogP contribution in [0.5, 0.6) is 11.5 Å². The van der Waals surface area contributed by atoms with Crippen LogP contribution in [0.4, 0.5) is 5.69 Å². The van der Waals surface area contributed by atoms with Gasteiger partial charge in [-0.05, 0) is 35.9 Å². The lowest BCUT2D eigenvalue weighted by Crippen LogP contribution is -2.34. The summed E-state index contributed by atoms with van der Waals surface area (Å²) in [6.45, 7) is -0.204. The Labute approximate surface area is 164 Å². The number of rotatable bonds is 8. The van der Waals surface area contributed by atoms with Crippen molar-refractivity contribution in [3.05, 3.63) is 53.6 Å². The third-order valence-electron chi connectivity index (χ3n) is 3.87. The van der Waals surface area contributed by atoms with Gasteiger partial charge in [0.2, 0.25) is 0 Å². The third-order valence-corrected chi connectivity index (χ3v) is 3.87. The van der Waals surface area contributed by atoms with E-state index in [0.717, 1.165) is 11.3 Å². The summed E-state index contributed by atoms with van der Waals surface area (Å²) in [5, 5.41) is 6.42. The Morgan fingerprint density at radius 2 is 1.71 bits per heavy atom. The Hall–Kier alpha value is -3.55. The van der Waals surface area contributed by atoms with E-state index < -0.39 is 11.8 Å². The lowest BCUT2D eigenvalue weighted by molar-refractivity contribution is -0.120. The van der Waals surface area contributed by atoms with Gasteiger partial charge in [-0.3, -0.25) is 9.59 Å². The van der Waals surface area contributed by atoms with Crippen LogP contribution in [-0.2, 0) is 4.79 Å². The maximum Gasteiger partial charge on any atom is 0.259 e. The summed E-state index contributed by atoms with van der Waals surface area (Å²) in [6, 6.07) is 12.4. The molecule has 0 saturated carbocycles. The number of nitrogens with one attached hydrogen (secondary N) is 2. The average Bonchev–Trinajstić information content (AvgIpc) is 2.71. The van der Waals surface area contributed by atoms with Gasteiger partial charge in [-0.15, -0.1) is 0 Å². The Morgan fingerprint density at radius 1 is 1.04 bits per heavy atom. The van der Waals surface area contributed by atoms with Crippen LogP contribution in [0, 0.1) is 0 Å². The van der Waals surface area contributed by atoms with E-state index in [1.54, 1.807) is 18.2 Å². The van der Waals surface area contributed by atoms with E-state index >= 15 is 0 Å². The van der Waals surface area contributed by atoms with Crippen molar-refractivity contribution in [2.45, 2.75) is 0 Å². The molecule has 2 rings (SSSR count). The maximum atomic E-state index is 12.2. The van der Waals surface area contributed by atoms with Crippen molar-refractivity contribution in [1.82, 2.24) is 10.7 Å². The number of carbonyl (C=O) groups excluding carboxylic acids is 2. The van der Waals surface area contributed by atoms with Gasteiger partial charge in [-0.2, -0.15) is 5.10 Å². The molecule has 0 aliphatic carbocycles. The Kier molecular flexibility index (Phi) is 7.38. The number of anilines is 1. The number of hydrogen-bond donors (Lipinski definition) is 2. The molecule has 148 valence electrons. The van der Waals surface area contributed by atoms with Crippen LogP contribution >= 0.6 is 0 Å². The van der Waals surface area contributed by atoms with Gasteiger partial charge in [0.15, 0.2) is 11.5 Å². The number of hydrazone groups is 1. The van der Waals surface area contributed by atoms with Gasteiger partial charge in [-0.25, -0.2) is 5.43 Å². The predicted molar refractivity (Wildman–Crippen MR) is 108 cm³/mol. The minimum absolute atomic E-state index is 0.204. The molecule has 2 N–H and O–H groups in total. The molecule has 8 nitrogen and oxygen atoms in total. The molecule has 0 bridgehead atoms. The van der Waals surface area contributed by atoms with Gasteiger partial charge >= 0.3 is 0 Å². The molecule has 2 aromatic carbocycles. The normalized spacial score (nSPS) is 10.4. The molecule has 28 heavy (non-hydrogen) atoms. The second-order valence-corrected chi connectivity index (χ2v) is 6.03. The lowest BCUT2D eigenvalue weighted by atomic mass is 10.2. The summed E-state index contributed by atoms with van der Waals surface area (Å²) < 4.78 is 10.3. The summed E-state index contributed by atoms with van der Waals surface area (Å²) >= 11 is 0. The molecule has 0 unspecified atom stereocenters. The number of carbonyl (C=O) groups is 2. The number of amides is 2. The molecule has 2 amide bonds. The summed E-state index contributed by atoms with van der Waals surface area (Å²) in [6.07, 6.45) is 1.54. The molecule has 8 heteroatoms. The Bertz CT molecular complexity index is 848. The molecule has 2 aromatic rings. The third kappa shape index (κ3) is 5.73. The first-order valence-electron chi connectivity index (χ1n) is 8.54. The zero-order chi connectivity index (χ0) is 20.5. The van der Waals surface area contributed by atoms with Crippen molar-refractivity contribution in [2.24, 2.45) is 5.10 Å². The van der Waals surface area contributed by atoms with Gasteiger partial charge < -0.3 is 19.7 Å². The van der Waals surface area contributed by atoms with E-state index in [2.05, 4.69) is 15.8 Å². The topological polar surface area (TPSA) is 92.3 Å². The van der Waals surface area contributed by atoms with Gasteiger partial charge in [-0.1, -0.05) is 12.1 Å². The maximum absolute atomic E-state index is 12.2. The van der Waals surface area contributed by atoms with E-state index in [0.29, 0.717) is 17.1 Å². The molecule has 0 aliphatic heterocycles. The van der Waals surface area contributed by atoms with Crippen molar-refractivity contribution in [2.75, 3.05) is 39.8 Å². The molecular weight excluding hydrogens is 360 g/mol. The van der Waals surface area contributed by atoms with Crippen LogP contribution in [0.25, 0.3) is 0 Å². The highest BCUT2D eigenvalue weighted by molar-refractivity contribution is 5.97.